The van der Waals surface area contributed by atoms with Gasteiger partial charge in [0.1, 0.15) is 17.3 Å². The Kier molecular flexibility index (Phi) is 6.32. The lowest BCUT2D eigenvalue weighted by molar-refractivity contribution is -0.129. The van der Waals surface area contributed by atoms with Crippen molar-refractivity contribution in [2.45, 2.75) is 49.3 Å². The molecule has 1 aromatic heterocycles. The molecule has 0 bridgehead atoms. The van der Waals surface area contributed by atoms with E-state index >= 15 is 0 Å². The quantitative estimate of drug-likeness (QED) is 0.447. The monoisotopic (exact) mass is 428 g/mol. The lowest BCUT2D eigenvalue weighted by Crippen LogP contribution is -2.32. The zero-order valence-electron chi connectivity index (χ0n) is 17.5. The molecule has 7 nitrogen and oxygen atoms in total. The van der Waals surface area contributed by atoms with E-state index in [0.717, 1.165) is 60.3 Å². The van der Waals surface area contributed by atoms with Gasteiger partial charge in [-0.15, -0.1) is 16.8 Å². The molecule has 1 aromatic carbocycles. The number of likely N-dealkylation sites (tertiary alicyclic amines) is 1. The Labute approximate surface area is 181 Å². The van der Waals surface area contributed by atoms with Crippen molar-refractivity contribution in [3.63, 3.8) is 0 Å². The van der Waals surface area contributed by atoms with Gasteiger partial charge in [0, 0.05) is 24.6 Å². The first-order chi connectivity index (χ1) is 14.7. The van der Waals surface area contributed by atoms with Crippen LogP contribution in [0.15, 0.2) is 36.0 Å². The van der Waals surface area contributed by atoms with E-state index in [2.05, 4.69) is 21.3 Å². The number of nitrogens with zero attached hydrogens (tertiary/aromatic N) is 4. The molecule has 160 valence electrons. The van der Waals surface area contributed by atoms with Gasteiger partial charge in [0.25, 0.3) is 0 Å². The zero-order valence-corrected chi connectivity index (χ0v) is 18.4. The molecule has 30 heavy (non-hydrogen) atoms. The number of carbonyl (C=O) groups is 1. The molecule has 2 fully saturated rings. The van der Waals surface area contributed by atoms with Crippen LogP contribution in [0.5, 0.6) is 11.5 Å². The van der Waals surface area contributed by atoms with Crippen molar-refractivity contribution in [2.75, 3.05) is 26.5 Å². The third-order valence-electron chi connectivity index (χ3n) is 5.69. The van der Waals surface area contributed by atoms with Crippen LogP contribution in [0.4, 0.5) is 0 Å². The second-order valence-electron chi connectivity index (χ2n) is 7.66. The van der Waals surface area contributed by atoms with Crippen LogP contribution in [-0.4, -0.2) is 52.1 Å². The number of allylic oxidation sites excluding steroid dienone is 1. The van der Waals surface area contributed by atoms with Gasteiger partial charge < -0.3 is 18.9 Å². The second kappa shape index (κ2) is 9.12. The van der Waals surface area contributed by atoms with Crippen LogP contribution >= 0.6 is 11.8 Å². The molecule has 8 heteroatoms. The molecule has 2 heterocycles. The maximum atomic E-state index is 13.1. The van der Waals surface area contributed by atoms with E-state index in [1.54, 1.807) is 14.2 Å². The maximum Gasteiger partial charge on any atom is 0.233 e. The number of benzene rings is 1. The lowest BCUT2D eigenvalue weighted by Gasteiger charge is -2.26. The van der Waals surface area contributed by atoms with Gasteiger partial charge in [0.05, 0.1) is 26.0 Å². The summed E-state index contributed by atoms with van der Waals surface area (Å²) in [5.74, 6) is 3.52. The van der Waals surface area contributed by atoms with E-state index in [4.69, 9.17) is 9.47 Å². The predicted molar refractivity (Wildman–Crippen MR) is 116 cm³/mol. The summed E-state index contributed by atoms with van der Waals surface area (Å²) in [7, 11) is 3.31. The van der Waals surface area contributed by atoms with Crippen molar-refractivity contribution >= 4 is 17.7 Å². The van der Waals surface area contributed by atoms with Crippen LogP contribution in [0.3, 0.4) is 0 Å². The fraction of sp³-hybridized carbons (Fsp3) is 0.500. The lowest BCUT2D eigenvalue weighted by atomic mass is 10.0. The van der Waals surface area contributed by atoms with Gasteiger partial charge in [0.2, 0.25) is 5.91 Å². The number of hydrogen-bond donors (Lipinski definition) is 0. The molecule has 2 aliphatic rings. The van der Waals surface area contributed by atoms with Crippen LogP contribution in [0.1, 0.15) is 49.0 Å². The molecule has 1 saturated carbocycles. The van der Waals surface area contributed by atoms with Gasteiger partial charge in [-0.05, 0) is 43.9 Å². The summed E-state index contributed by atoms with van der Waals surface area (Å²) in [6, 6.07) is 5.76. The van der Waals surface area contributed by atoms with Crippen LogP contribution in [0.2, 0.25) is 0 Å². The van der Waals surface area contributed by atoms with Gasteiger partial charge >= 0.3 is 0 Å². The number of thioether (sulfide) groups is 1. The molecule has 1 aliphatic carbocycles. The fourth-order valence-electron chi connectivity index (χ4n) is 4.05. The van der Waals surface area contributed by atoms with Crippen molar-refractivity contribution in [3.8, 4) is 11.5 Å². The number of ether oxygens (including phenoxy) is 2. The normalized spacial score (nSPS) is 18.5. The average Bonchev–Trinajstić information content (AvgIpc) is 3.35. The summed E-state index contributed by atoms with van der Waals surface area (Å²) in [6.45, 7) is 5.26. The zero-order chi connectivity index (χ0) is 21.1. The minimum absolute atomic E-state index is 0.00350. The molecular weight excluding hydrogens is 400 g/mol. The minimum Gasteiger partial charge on any atom is -0.497 e. The number of methoxy groups -OCH3 is 2. The first-order valence-electron chi connectivity index (χ1n) is 10.3. The highest BCUT2D eigenvalue weighted by molar-refractivity contribution is 7.99. The highest BCUT2D eigenvalue weighted by atomic mass is 32.2. The first-order valence-corrected chi connectivity index (χ1v) is 11.3. The van der Waals surface area contributed by atoms with Gasteiger partial charge in [-0.2, -0.15) is 0 Å². The number of aromatic nitrogens is 3. The largest absolute Gasteiger partial charge is 0.497 e. The predicted octanol–water partition coefficient (Wildman–Crippen LogP) is 3.81. The molecule has 1 amide bonds. The number of rotatable bonds is 9. The van der Waals surface area contributed by atoms with Crippen molar-refractivity contribution in [2.24, 2.45) is 0 Å². The highest BCUT2D eigenvalue weighted by Gasteiger charge is 2.33. The Morgan fingerprint density at radius 1 is 1.27 bits per heavy atom. The van der Waals surface area contributed by atoms with Crippen LogP contribution in [0.25, 0.3) is 0 Å². The van der Waals surface area contributed by atoms with Crippen LogP contribution in [0, 0.1) is 0 Å². The van der Waals surface area contributed by atoms with E-state index in [1.165, 1.54) is 11.8 Å². The fourth-order valence-corrected chi connectivity index (χ4v) is 4.89. The number of amides is 1. The summed E-state index contributed by atoms with van der Waals surface area (Å²) < 4.78 is 13.0. The Morgan fingerprint density at radius 3 is 2.80 bits per heavy atom. The second-order valence-corrected chi connectivity index (χ2v) is 8.60. The molecule has 0 N–H and O–H groups in total. The molecule has 1 saturated heterocycles. The number of hydrogen-bond acceptors (Lipinski definition) is 6. The van der Waals surface area contributed by atoms with Crippen LogP contribution in [-0.2, 0) is 11.3 Å². The maximum absolute atomic E-state index is 13.1. The van der Waals surface area contributed by atoms with Crippen LogP contribution < -0.4 is 9.47 Å². The summed E-state index contributed by atoms with van der Waals surface area (Å²) in [5, 5.41) is 9.50. The summed E-state index contributed by atoms with van der Waals surface area (Å²) >= 11 is 1.46. The SMILES string of the molecule is C=CCn1c(SCC(=O)N2CCCC2c2cc(OC)ccc2OC)nnc1C1CC1. The van der Waals surface area contributed by atoms with E-state index in [1.807, 2.05) is 29.2 Å². The number of carbonyl (C=O) groups excluding carboxylic acids is 1. The Hall–Kier alpha value is -2.48. The topological polar surface area (TPSA) is 69.5 Å². The van der Waals surface area contributed by atoms with Gasteiger partial charge in [-0.3, -0.25) is 4.79 Å². The first kappa shape index (κ1) is 20.8. The molecular formula is C22H28N4O3S. The average molecular weight is 429 g/mol. The standard InChI is InChI=1S/C22H28N4O3S/c1-4-11-26-21(15-7-8-15)23-24-22(26)30-14-20(27)25-12-5-6-18(25)17-13-16(28-2)9-10-19(17)29-3/h4,9-10,13,15,18H,1,5-8,11-12,14H2,2-3H3. The van der Waals surface area contributed by atoms with Gasteiger partial charge in [0.15, 0.2) is 5.16 Å². The van der Waals surface area contributed by atoms with Crippen molar-refractivity contribution in [1.29, 1.82) is 0 Å². The third-order valence-corrected chi connectivity index (χ3v) is 6.64. The summed E-state index contributed by atoms with van der Waals surface area (Å²) in [5.41, 5.74) is 0.999. The van der Waals surface area contributed by atoms with Gasteiger partial charge in [-0.1, -0.05) is 17.8 Å². The van der Waals surface area contributed by atoms with Crippen molar-refractivity contribution < 1.29 is 14.3 Å². The van der Waals surface area contributed by atoms with Gasteiger partial charge in [-0.25, -0.2) is 0 Å². The smallest absolute Gasteiger partial charge is 0.233 e. The molecule has 0 spiro atoms. The van der Waals surface area contributed by atoms with E-state index in [9.17, 15) is 4.79 Å². The molecule has 0 radical (unpaired) electrons. The molecule has 1 aliphatic heterocycles. The minimum atomic E-state index is -0.00350. The van der Waals surface area contributed by atoms with E-state index in [0.29, 0.717) is 18.2 Å². The van der Waals surface area contributed by atoms with Crippen molar-refractivity contribution in [3.05, 3.63) is 42.2 Å². The third kappa shape index (κ3) is 4.19. The van der Waals surface area contributed by atoms with Crippen molar-refractivity contribution in [1.82, 2.24) is 19.7 Å². The Morgan fingerprint density at radius 2 is 2.10 bits per heavy atom. The highest BCUT2D eigenvalue weighted by Crippen LogP contribution is 2.41. The molecule has 1 atom stereocenters. The molecule has 4 rings (SSSR count). The summed E-state index contributed by atoms with van der Waals surface area (Å²) in [6.07, 6.45) is 6.07. The van der Waals surface area contributed by atoms with E-state index < -0.39 is 0 Å². The molecule has 1 unspecified atom stereocenters. The molecule has 2 aromatic rings. The Bertz CT molecular complexity index is 925. The summed E-state index contributed by atoms with van der Waals surface area (Å²) in [4.78, 5) is 15.1. The van der Waals surface area contributed by atoms with E-state index in [-0.39, 0.29) is 11.9 Å². The Balaban J connectivity index is 1.48.